The Kier molecular flexibility index (Phi) is 5.91. The van der Waals surface area contributed by atoms with Crippen molar-refractivity contribution >= 4 is 10.0 Å². The van der Waals surface area contributed by atoms with Gasteiger partial charge < -0.3 is 9.47 Å². The molecule has 28 heavy (non-hydrogen) atoms. The van der Waals surface area contributed by atoms with E-state index in [0.29, 0.717) is 17.1 Å². The van der Waals surface area contributed by atoms with Crippen LogP contribution < -0.4 is 14.2 Å². The standard InChI is InChI=1S/C20H21N3O4S/c1-14-10-18(8-9-20(14)27-3)28(24,25)23-12-16-11-19(22-13-21-16)15-4-6-17(26-2)7-5-15/h4-11,13,23H,12H2,1-3H3. The van der Waals surface area contributed by atoms with Crippen LogP contribution in [0.1, 0.15) is 11.3 Å². The van der Waals surface area contributed by atoms with Crippen molar-refractivity contribution in [1.82, 2.24) is 14.7 Å². The summed E-state index contributed by atoms with van der Waals surface area (Å²) in [7, 11) is -0.524. The van der Waals surface area contributed by atoms with E-state index in [9.17, 15) is 8.42 Å². The van der Waals surface area contributed by atoms with Gasteiger partial charge in [-0.25, -0.2) is 23.1 Å². The highest BCUT2D eigenvalue weighted by molar-refractivity contribution is 7.89. The fourth-order valence-corrected chi connectivity index (χ4v) is 3.77. The molecule has 0 atom stereocenters. The lowest BCUT2D eigenvalue weighted by molar-refractivity contribution is 0.411. The van der Waals surface area contributed by atoms with Crippen molar-refractivity contribution in [2.45, 2.75) is 18.4 Å². The number of nitrogens with one attached hydrogen (secondary N) is 1. The topological polar surface area (TPSA) is 90.4 Å². The molecule has 0 fully saturated rings. The lowest BCUT2D eigenvalue weighted by Gasteiger charge is -2.10. The molecule has 0 saturated carbocycles. The highest BCUT2D eigenvalue weighted by Crippen LogP contribution is 2.22. The summed E-state index contributed by atoms with van der Waals surface area (Å²) in [5.41, 5.74) is 2.90. The highest BCUT2D eigenvalue weighted by Gasteiger charge is 2.16. The molecule has 1 heterocycles. The second kappa shape index (κ2) is 8.37. The average Bonchev–Trinajstić information content (AvgIpc) is 2.72. The van der Waals surface area contributed by atoms with E-state index in [1.165, 1.54) is 12.4 Å². The van der Waals surface area contributed by atoms with E-state index in [4.69, 9.17) is 9.47 Å². The molecule has 146 valence electrons. The lowest BCUT2D eigenvalue weighted by atomic mass is 10.1. The number of benzene rings is 2. The van der Waals surface area contributed by atoms with Gasteiger partial charge in [0.2, 0.25) is 10.0 Å². The molecule has 0 unspecified atom stereocenters. The van der Waals surface area contributed by atoms with E-state index in [1.807, 2.05) is 24.3 Å². The summed E-state index contributed by atoms with van der Waals surface area (Å²) < 4.78 is 38.0. The van der Waals surface area contributed by atoms with E-state index in [-0.39, 0.29) is 11.4 Å². The first kappa shape index (κ1) is 19.8. The van der Waals surface area contributed by atoms with Gasteiger partial charge in [0.25, 0.3) is 0 Å². The molecule has 3 aromatic rings. The lowest BCUT2D eigenvalue weighted by Crippen LogP contribution is -2.24. The van der Waals surface area contributed by atoms with Gasteiger partial charge in [-0.05, 0) is 61.0 Å². The summed E-state index contributed by atoms with van der Waals surface area (Å²) in [6.45, 7) is 1.85. The minimum absolute atomic E-state index is 0.0546. The molecule has 1 N–H and O–H groups in total. The van der Waals surface area contributed by atoms with E-state index in [1.54, 1.807) is 39.3 Å². The number of hydrogen-bond donors (Lipinski definition) is 1. The third-order valence-corrected chi connectivity index (χ3v) is 5.63. The largest absolute Gasteiger partial charge is 0.497 e. The Labute approximate surface area is 164 Å². The summed E-state index contributed by atoms with van der Waals surface area (Å²) in [6.07, 6.45) is 1.42. The SMILES string of the molecule is COc1ccc(-c2cc(CNS(=O)(=O)c3ccc(OC)c(C)c3)ncn2)cc1. The minimum Gasteiger partial charge on any atom is -0.497 e. The summed E-state index contributed by atoms with van der Waals surface area (Å²) in [4.78, 5) is 8.59. The molecule has 0 amide bonds. The number of methoxy groups -OCH3 is 2. The maximum atomic E-state index is 12.6. The molecule has 0 spiro atoms. The zero-order valence-electron chi connectivity index (χ0n) is 15.8. The smallest absolute Gasteiger partial charge is 0.240 e. The van der Waals surface area contributed by atoms with Crippen LogP contribution in [0.25, 0.3) is 11.3 Å². The van der Waals surface area contributed by atoms with Gasteiger partial charge in [0.1, 0.15) is 17.8 Å². The first-order chi connectivity index (χ1) is 13.4. The van der Waals surface area contributed by atoms with E-state index < -0.39 is 10.0 Å². The molecule has 0 aliphatic rings. The maximum absolute atomic E-state index is 12.6. The molecule has 0 saturated heterocycles. The third kappa shape index (κ3) is 4.47. The molecular weight excluding hydrogens is 378 g/mol. The zero-order chi connectivity index (χ0) is 20.1. The average molecular weight is 399 g/mol. The van der Waals surface area contributed by atoms with E-state index >= 15 is 0 Å². The van der Waals surface area contributed by atoms with Gasteiger partial charge in [-0.2, -0.15) is 0 Å². The predicted octanol–water partition coefficient (Wildman–Crippen LogP) is 2.95. The fourth-order valence-electron chi connectivity index (χ4n) is 2.68. The van der Waals surface area contributed by atoms with Gasteiger partial charge in [-0.15, -0.1) is 0 Å². The van der Waals surface area contributed by atoms with Gasteiger partial charge in [0.15, 0.2) is 0 Å². The number of aromatic nitrogens is 2. The Hall–Kier alpha value is -2.97. The third-order valence-electron chi connectivity index (χ3n) is 4.23. The minimum atomic E-state index is -3.67. The van der Waals surface area contributed by atoms with Crippen LogP contribution in [0.15, 0.2) is 59.8 Å². The van der Waals surface area contributed by atoms with E-state index in [2.05, 4.69) is 14.7 Å². The zero-order valence-corrected chi connectivity index (χ0v) is 16.7. The van der Waals surface area contributed by atoms with Gasteiger partial charge in [-0.1, -0.05) is 0 Å². The van der Waals surface area contributed by atoms with Crippen LogP contribution in [0.2, 0.25) is 0 Å². The van der Waals surface area contributed by atoms with Crippen LogP contribution in [0.4, 0.5) is 0 Å². The molecule has 7 nitrogen and oxygen atoms in total. The molecule has 8 heteroatoms. The summed E-state index contributed by atoms with van der Waals surface area (Å²) in [6, 6.07) is 13.9. The van der Waals surface area contributed by atoms with Gasteiger partial charge in [0, 0.05) is 5.56 Å². The quantitative estimate of drug-likeness (QED) is 0.657. The van der Waals surface area contributed by atoms with Crippen molar-refractivity contribution in [2.75, 3.05) is 14.2 Å². The summed E-state index contributed by atoms with van der Waals surface area (Å²) in [5, 5.41) is 0. The Morgan fingerprint density at radius 1 is 0.964 bits per heavy atom. The molecule has 2 aromatic carbocycles. The Morgan fingerprint density at radius 3 is 2.36 bits per heavy atom. The molecule has 1 aromatic heterocycles. The number of nitrogens with zero attached hydrogens (tertiary/aromatic N) is 2. The predicted molar refractivity (Wildman–Crippen MR) is 106 cm³/mol. The number of ether oxygens (including phenoxy) is 2. The van der Waals surface area contributed by atoms with Crippen molar-refractivity contribution in [3.05, 3.63) is 66.1 Å². The first-order valence-electron chi connectivity index (χ1n) is 8.52. The number of sulfonamides is 1. The van der Waals surface area contributed by atoms with Crippen LogP contribution in [-0.4, -0.2) is 32.6 Å². The molecule has 0 aliphatic carbocycles. The second-order valence-corrected chi connectivity index (χ2v) is 7.85. The van der Waals surface area contributed by atoms with Gasteiger partial charge in [-0.3, -0.25) is 0 Å². The molecule has 0 radical (unpaired) electrons. The molecular formula is C20H21N3O4S. The van der Waals surface area contributed by atoms with Crippen molar-refractivity contribution in [3.63, 3.8) is 0 Å². The molecule has 0 aliphatic heterocycles. The first-order valence-corrected chi connectivity index (χ1v) is 10.0. The number of aryl methyl sites for hydroxylation is 1. The van der Waals surface area contributed by atoms with Crippen molar-refractivity contribution in [3.8, 4) is 22.8 Å². The van der Waals surface area contributed by atoms with Crippen LogP contribution in [0.3, 0.4) is 0 Å². The van der Waals surface area contributed by atoms with Crippen molar-refractivity contribution < 1.29 is 17.9 Å². The number of rotatable bonds is 7. The molecule has 0 bridgehead atoms. The second-order valence-electron chi connectivity index (χ2n) is 6.08. The van der Waals surface area contributed by atoms with E-state index in [0.717, 1.165) is 16.9 Å². The van der Waals surface area contributed by atoms with Crippen LogP contribution in [0.5, 0.6) is 11.5 Å². The molecule has 3 rings (SSSR count). The van der Waals surface area contributed by atoms with Crippen molar-refractivity contribution in [1.29, 1.82) is 0 Å². The highest BCUT2D eigenvalue weighted by atomic mass is 32.2. The van der Waals surface area contributed by atoms with Gasteiger partial charge >= 0.3 is 0 Å². The van der Waals surface area contributed by atoms with Crippen LogP contribution >= 0.6 is 0 Å². The van der Waals surface area contributed by atoms with Crippen LogP contribution in [-0.2, 0) is 16.6 Å². The fraction of sp³-hybridized carbons (Fsp3) is 0.200. The normalized spacial score (nSPS) is 11.2. The Morgan fingerprint density at radius 2 is 1.71 bits per heavy atom. The van der Waals surface area contributed by atoms with Crippen LogP contribution in [0, 0.1) is 6.92 Å². The monoisotopic (exact) mass is 399 g/mol. The number of hydrogen-bond acceptors (Lipinski definition) is 6. The Bertz CT molecular complexity index is 1070. The van der Waals surface area contributed by atoms with Crippen molar-refractivity contribution in [2.24, 2.45) is 0 Å². The maximum Gasteiger partial charge on any atom is 0.240 e. The summed E-state index contributed by atoms with van der Waals surface area (Å²) >= 11 is 0. The van der Waals surface area contributed by atoms with Gasteiger partial charge in [0.05, 0.1) is 37.0 Å². The Balaban J connectivity index is 1.76. The summed E-state index contributed by atoms with van der Waals surface area (Å²) in [5.74, 6) is 1.39.